The van der Waals surface area contributed by atoms with Crippen LogP contribution in [0.4, 0.5) is 0 Å². The zero-order valence-electron chi connectivity index (χ0n) is 11.5. The Morgan fingerprint density at radius 2 is 2.05 bits per heavy atom. The van der Waals surface area contributed by atoms with E-state index in [2.05, 4.69) is 5.32 Å². The molecule has 21 heavy (non-hydrogen) atoms. The summed E-state index contributed by atoms with van der Waals surface area (Å²) in [7, 11) is 0. The summed E-state index contributed by atoms with van der Waals surface area (Å²) in [5.41, 5.74) is 5.43. The van der Waals surface area contributed by atoms with E-state index >= 15 is 0 Å². The van der Waals surface area contributed by atoms with E-state index in [9.17, 15) is 9.59 Å². The molecule has 2 rings (SSSR count). The highest BCUT2D eigenvalue weighted by atomic mass is 32.1. The van der Waals surface area contributed by atoms with Gasteiger partial charge in [0.05, 0.1) is 11.6 Å². The fraction of sp³-hybridized carbons (Fsp3) is 0.200. The normalized spacial score (nSPS) is 11.7. The van der Waals surface area contributed by atoms with Crippen molar-refractivity contribution < 1.29 is 14.3 Å². The number of hydrogen-bond acceptors (Lipinski definition) is 4. The van der Waals surface area contributed by atoms with Gasteiger partial charge < -0.3 is 15.8 Å². The van der Waals surface area contributed by atoms with Gasteiger partial charge in [-0.15, -0.1) is 11.3 Å². The van der Waals surface area contributed by atoms with Crippen molar-refractivity contribution in [1.29, 1.82) is 0 Å². The molecule has 3 N–H and O–H groups in total. The van der Waals surface area contributed by atoms with Gasteiger partial charge in [-0.1, -0.05) is 18.2 Å². The van der Waals surface area contributed by atoms with Crippen LogP contribution in [-0.2, 0) is 4.79 Å². The Kier molecular flexibility index (Phi) is 4.94. The molecule has 2 aromatic rings. The maximum atomic E-state index is 12.3. The minimum Gasteiger partial charge on any atom is -0.483 e. The van der Waals surface area contributed by atoms with Gasteiger partial charge in [-0.2, -0.15) is 0 Å². The molecule has 0 aliphatic heterocycles. The lowest BCUT2D eigenvalue weighted by atomic mass is 10.1. The van der Waals surface area contributed by atoms with Gasteiger partial charge in [0, 0.05) is 4.88 Å². The quantitative estimate of drug-likeness (QED) is 0.857. The van der Waals surface area contributed by atoms with Crippen LogP contribution in [0.25, 0.3) is 0 Å². The molecule has 1 unspecified atom stereocenters. The SMILES string of the molecule is CC(NC(=O)c1ccccc1OCC(N)=O)c1cccs1. The highest BCUT2D eigenvalue weighted by Crippen LogP contribution is 2.21. The van der Waals surface area contributed by atoms with Crippen molar-refractivity contribution in [3.8, 4) is 5.75 Å². The first kappa shape index (κ1) is 15.1. The molecule has 6 heteroatoms. The van der Waals surface area contributed by atoms with E-state index in [1.54, 1.807) is 35.6 Å². The summed E-state index contributed by atoms with van der Waals surface area (Å²) in [6.07, 6.45) is 0. The largest absolute Gasteiger partial charge is 0.483 e. The van der Waals surface area contributed by atoms with Gasteiger partial charge in [0.25, 0.3) is 11.8 Å². The molecule has 1 aromatic carbocycles. The first-order chi connectivity index (χ1) is 10.1. The highest BCUT2D eigenvalue weighted by molar-refractivity contribution is 7.10. The van der Waals surface area contributed by atoms with Crippen molar-refractivity contribution in [2.45, 2.75) is 13.0 Å². The summed E-state index contributed by atoms with van der Waals surface area (Å²) < 4.78 is 5.26. The molecular weight excluding hydrogens is 288 g/mol. The van der Waals surface area contributed by atoms with E-state index in [1.807, 2.05) is 24.4 Å². The molecule has 0 aliphatic carbocycles. The number of nitrogens with one attached hydrogen (secondary N) is 1. The summed E-state index contributed by atoms with van der Waals surface area (Å²) in [6.45, 7) is 1.65. The first-order valence-electron chi connectivity index (χ1n) is 6.42. The number of para-hydroxylation sites is 1. The number of carbonyl (C=O) groups excluding carboxylic acids is 2. The van der Waals surface area contributed by atoms with E-state index in [1.165, 1.54) is 0 Å². The molecule has 0 spiro atoms. The number of carbonyl (C=O) groups is 2. The number of amides is 2. The molecule has 0 fully saturated rings. The van der Waals surface area contributed by atoms with E-state index in [-0.39, 0.29) is 18.6 Å². The van der Waals surface area contributed by atoms with E-state index in [0.29, 0.717) is 11.3 Å². The van der Waals surface area contributed by atoms with E-state index < -0.39 is 5.91 Å². The topological polar surface area (TPSA) is 81.4 Å². The number of thiophene rings is 1. The zero-order chi connectivity index (χ0) is 15.2. The fourth-order valence-electron chi connectivity index (χ4n) is 1.81. The molecule has 110 valence electrons. The Morgan fingerprint density at radius 1 is 1.29 bits per heavy atom. The molecule has 2 amide bonds. The van der Waals surface area contributed by atoms with Crippen molar-refractivity contribution in [3.63, 3.8) is 0 Å². The maximum absolute atomic E-state index is 12.3. The van der Waals surface area contributed by atoms with Gasteiger partial charge in [-0.25, -0.2) is 0 Å². The Hall–Kier alpha value is -2.34. The van der Waals surface area contributed by atoms with Crippen molar-refractivity contribution >= 4 is 23.2 Å². The molecule has 0 bridgehead atoms. The number of hydrogen-bond donors (Lipinski definition) is 2. The lowest BCUT2D eigenvalue weighted by Gasteiger charge is -2.14. The second kappa shape index (κ2) is 6.90. The smallest absolute Gasteiger partial charge is 0.255 e. The van der Waals surface area contributed by atoms with Crippen LogP contribution in [0.15, 0.2) is 41.8 Å². The van der Waals surface area contributed by atoms with Crippen LogP contribution in [0.2, 0.25) is 0 Å². The van der Waals surface area contributed by atoms with Gasteiger partial charge in [-0.05, 0) is 30.5 Å². The molecule has 1 aromatic heterocycles. The molecule has 0 aliphatic rings. The number of ether oxygens (including phenoxy) is 1. The van der Waals surface area contributed by atoms with Gasteiger partial charge in [-0.3, -0.25) is 9.59 Å². The summed E-state index contributed by atoms with van der Waals surface area (Å²) >= 11 is 1.58. The lowest BCUT2D eigenvalue weighted by Crippen LogP contribution is -2.27. The Bertz CT molecular complexity index is 626. The van der Waals surface area contributed by atoms with Crippen LogP contribution in [0.5, 0.6) is 5.75 Å². The summed E-state index contributed by atoms with van der Waals surface area (Å²) in [5, 5.41) is 4.86. The number of primary amides is 1. The minimum atomic E-state index is -0.586. The summed E-state index contributed by atoms with van der Waals surface area (Å²) in [6, 6.07) is 10.6. The van der Waals surface area contributed by atoms with Crippen molar-refractivity contribution in [2.75, 3.05) is 6.61 Å². The number of benzene rings is 1. The van der Waals surface area contributed by atoms with Gasteiger partial charge in [0.1, 0.15) is 5.75 Å². The Morgan fingerprint density at radius 3 is 2.71 bits per heavy atom. The summed E-state index contributed by atoms with van der Waals surface area (Å²) in [5.74, 6) is -0.500. The van der Waals surface area contributed by atoms with Crippen molar-refractivity contribution in [2.24, 2.45) is 5.73 Å². The van der Waals surface area contributed by atoms with Crippen molar-refractivity contribution in [1.82, 2.24) is 5.32 Å². The van der Waals surface area contributed by atoms with Gasteiger partial charge in [0.15, 0.2) is 6.61 Å². The Labute approximate surface area is 126 Å². The summed E-state index contributed by atoms with van der Waals surface area (Å²) in [4.78, 5) is 24.2. The number of rotatable bonds is 6. The van der Waals surface area contributed by atoms with Gasteiger partial charge in [0.2, 0.25) is 0 Å². The predicted molar refractivity (Wildman–Crippen MR) is 81.3 cm³/mol. The van der Waals surface area contributed by atoms with Gasteiger partial charge >= 0.3 is 0 Å². The third-order valence-electron chi connectivity index (χ3n) is 2.82. The standard InChI is InChI=1S/C15H16N2O3S/c1-10(13-7-4-8-21-13)17-15(19)11-5-2-3-6-12(11)20-9-14(16)18/h2-8,10H,9H2,1H3,(H2,16,18)(H,17,19). The maximum Gasteiger partial charge on any atom is 0.255 e. The Balaban J connectivity index is 2.10. The monoisotopic (exact) mass is 304 g/mol. The number of nitrogens with two attached hydrogens (primary N) is 1. The molecule has 0 saturated carbocycles. The zero-order valence-corrected chi connectivity index (χ0v) is 12.4. The fourth-order valence-corrected chi connectivity index (χ4v) is 2.55. The third kappa shape index (κ3) is 4.06. The second-order valence-electron chi connectivity index (χ2n) is 4.46. The van der Waals surface area contributed by atoms with Crippen LogP contribution in [0.3, 0.4) is 0 Å². The molecule has 5 nitrogen and oxygen atoms in total. The molecule has 0 saturated heterocycles. The second-order valence-corrected chi connectivity index (χ2v) is 5.44. The molecular formula is C15H16N2O3S. The molecule has 0 radical (unpaired) electrons. The first-order valence-corrected chi connectivity index (χ1v) is 7.30. The van der Waals surface area contributed by atoms with Crippen molar-refractivity contribution in [3.05, 3.63) is 52.2 Å². The average molecular weight is 304 g/mol. The highest BCUT2D eigenvalue weighted by Gasteiger charge is 2.16. The van der Waals surface area contributed by atoms with Crippen LogP contribution >= 0.6 is 11.3 Å². The lowest BCUT2D eigenvalue weighted by molar-refractivity contribution is -0.119. The van der Waals surface area contributed by atoms with E-state index in [4.69, 9.17) is 10.5 Å². The molecule has 1 atom stereocenters. The van der Waals surface area contributed by atoms with Crippen LogP contribution in [0, 0.1) is 0 Å². The van der Waals surface area contributed by atoms with E-state index in [0.717, 1.165) is 4.88 Å². The van der Waals surface area contributed by atoms with Crippen LogP contribution in [-0.4, -0.2) is 18.4 Å². The molecule has 1 heterocycles. The predicted octanol–water partition coefficient (Wildman–Crippen LogP) is 2.10. The minimum absolute atomic E-state index is 0.0957. The van der Waals surface area contributed by atoms with Crippen LogP contribution < -0.4 is 15.8 Å². The third-order valence-corrected chi connectivity index (χ3v) is 3.87. The van der Waals surface area contributed by atoms with Crippen LogP contribution in [0.1, 0.15) is 28.2 Å². The average Bonchev–Trinajstić information content (AvgIpc) is 2.99.